The average Bonchev–Trinajstić information content (AvgIpc) is 2.93. The first-order chi connectivity index (χ1) is 10.6. The molecule has 0 saturated heterocycles. The monoisotopic (exact) mass is 365 g/mol. The molecular formula is C17H23N3O2S2. The lowest BCUT2D eigenvalue weighted by molar-refractivity contribution is 0.415. The largest absolute Gasteiger partial charge is 0.497 e. The Morgan fingerprint density at radius 3 is 2.62 bits per heavy atom. The molecule has 1 aromatic carbocycles. The summed E-state index contributed by atoms with van der Waals surface area (Å²) in [6.45, 7) is 6.38. The minimum atomic E-state index is 0. The van der Waals surface area contributed by atoms with E-state index in [1.165, 1.54) is 16.7 Å². The zero-order valence-corrected chi connectivity index (χ0v) is 16.0. The highest BCUT2D eigenvalue weighted by molar-refractivity contribution is 7.98. The van der Waals surface area contributed by atoms with Crippen LogP contribution in [0.15, 0.2) is 29.6 Å². The highest BCUT2D eigenvalue weighted by Crippen LogP contribution is 2.26. The van der Waals surface area contributed by atoms with Crippen molar-refractivity contribution in [1.82, 2.24) is 15.0 Å². The molecule has 2 heterocycles. The standard InChI is InChI=1S/C17H19N3OS.H2O.H2S/c1-10-8-18-16(12(3)11(10)2)9-22-17-19-14-6-5-13(21-4)7-15(14)20-17;;/h5-8H,9H2,1-4H3,(H,19,20);2*1H2. The molecule has 130 valence electrons. The molecule has 24 heavy (non-hydrogen) atoms. The number of hydrogen-bond donors (Lipinski definition) is 1. The minimum absolute atomic E-state index is 0. The Morgan fingerprint density at radius 1 is 1.17 bits per heavy atom. The average molecular weight is 366 g/mol. The van der Waals surface area contributed by atoms with Crippen molar-refractivity contribution in [3.05, 3.63) is 46.8 Å². The second kappa shape index (κ2) is 8.41. The number of imidazole rings is 1. The SMILES string of the molecule is COc1ccc2nc(SCc3ncc(C)c(C)c3C)[nH]c2c1.O.S. The zero-order valence-electron chi connectivity index (χ0n) is 14.2. The molecule has 2 aromatic heterocycles. The Bertz CT molecular complexity index is 834. The van der Waals surface area contributed by atoms with E-state index in [1.807, 2.05) is 24.4 Å². The number of rotatable bonds is 4. The van der Waals surface area contributed by atoms with Gasteiger partial charge in [0.05, 0.1) is 23.8 Å². The third-order valence-electron chi connectivity index (χ3n) is 4.01. The molecule has 3 aromatic rings. The maximum Gasteiger partial charge on any atom is 0.166 e. The van der Waals surface area contributed by atoms with E-state index >= 15 is 0 Å². The number of aromatic amines is 1. The summed E-state index contributed by atoms with van der Waals surface area (Å²) < 4.78 is 5.24. The normalized spacial score (nSPS) is 10.2. The van der Waals surface area contributed by atoms with Crippen LogP contribution in [0.2, 0.25) is 0 Å². The summed E-state index contributed by atoms with van der Waals surface area (Å²) in [6, 6.07) is 5.85. The van der Waals surface area contributed by atoms with E-state index in [1.54, 1.807) is 18.9 Å². The van der Waals surface area contributed by atoms with Crippen LogP contribution in [0.4, 0.5) is 0 Å². The molecule has 0 aliphatic heterocycles. The van der Waals surface area contributed by atoms with Gasteiger partial charge in [-0.3, -0.25) is 4.98 Å². The maximum absolute atomic E-state index is 5.24. The summed E-state index contributed by atoms with van der Waals surface area (Å²) in [5.41, 5.74) is 6.89. The van der Waals surface area contributed by atoms with Crippen LogP contribution in [0.3, 0.4) is 0 Å². The van der Waals surface area contributed by atoms with Crippen molar-refractivity contribution in [3.8, 4) is 5.75 Å². The molecule has 0 fully saturated rings. The van der Waals surface area contributed by atoms with E-state index in [-0.39, 0.29) is 19.0 Å². The Labute approximate surface area is 153 Å². The summed E-state index contributed by atoms with van der Waals surface area (Å²) in [5.74, 6) is 1.64. The Hall–Kier alpha value is -1.70. The maximum atomic E-state index is 5.24. The summed E-state index contributed by atoms with van der Waals surface area (Å²) in [5, 5.41) is 0.905. The number of aryl methyl sites for hydroxylation is 1. The number of fused-ring (bicyclic) bond motifs is 1. The number of hydrogen-bond acceptors (Lipinski definition) is 4. The van der Waals surface area contributed by atoms with Gasteiger partial charge in [0.15, 0.2) is 5.16 Å². The molecule has 0 spiro atoms. The van der Waals surface area contributed by atoms with Crippen molar-refractivity contribution in [2.75, 3.05) is 7.11 Å². The van der Waals surface area contributed by atoms with Gasteiger partial charge in [-0.25, -0.2) is 4.98 Å². The number of ether oxygens (including phenoxy) is 1. The van der Waals surface area contributed by atoms with Crippen LogP contribution in [0.25, 0.3) is 11.0 Å². The molecule has 7 heteroatoms. The van der Waals surface area contributed by atoms with E-state index in [4.69, 9.17) is 4.74 Å². The Kier molecular flexibility index (Phi) is 7.13. The fourth-order valence-electron chi connectivity index (χ4n) is 2.32. The molecule has 0 radical (unpaired) electrons. The molecule has 3 N–H and O–H groups in total. The van der Waals surface area contributed by atoms with Gasteiger partial charge < -0.3 is 15.2 Å². The molecule has 3 rings (SSSR count). The summed E-state index contributed by atoms with van der Waals surface area (Å²) in [6.07, 6.45) is 1.95. The predicted octanol–water partition coefficient (Wildman–Crippen LogP) is 3.47. The summed E-state index contributed by atoms with van der Waals surface area (Å²) in [7, 11) is 1.67. The number of nitrogens with one attached hydrogen (secondary N) is 1. The van der Waals surface area contributed by atoms with Crippen LogP contribution < -0.4 is 4.74 Å². The summed E-state index contributed by atoms with van der Waals surface area (Å²) in [4.78, 5) is 12.5. The molecule has 0 unspecified atom stereocenters. The van der Waals surface area contributed by atoms with Crippen molar-refractivity contribution in [2.45, 2.75) is 31.7 Å². The Balaban J connectivity index is 0.00000144. The van der Waals surface area contributed by atoms with Crippen molar-refractivity contribution >= 4 is 36.3 Å². The van der Waals surface area contributed by atoms with Gasteiger partial charge in [-0.1, -0.05) is 11.8 Å². The number of aromatic nitrogens is 3. The second-order valence-corrected chi connectivity index (χ2v) is 6.32. The van der Waals surface area contributed by atoms with Gasteiger partial charge in [0, 0.05) is 18.0 Å². The smallest absolute Gasteiger partial charge is 0.166 e. The van der Waals surface area contributed by atoms with E-state index in [0.717, 1.165) is 33.4 Å². The number of nitrogens with zero attached hydrogens (tertiary/aromatic N) is 2. The van der Waals surface area contributed by atoms with Crippen LogP contribution in [0, 0.1) is 20.8 Å². The fraction of sp³-hybridized carbons (Fsp3) is 0.294. The molecule has 0 bridgehead atoms. The molecule has 0 aliphatic carbocycles. The van der Waals surface area contributed by atoms with E-state index in [0.29, 0.717) is 0 Å². The number of benzene rings is 1. The number of thioether (sulfide) groups is 1. The van der Waals surface area contributed by atoms with Crippen LogP contribution in [-0.4, -0.2) is 27.5 Å². The summed E-state index contributed by atoms with van der Waals surface area (Å²) >= 11 is 1.67. The number of pyridine rings is 1. The van der Waals surface area contributed by atoms with Crippen molar-refractivity contribution in [3.63, 3.8) is 0 Å². The Morgan fingerprint density at radius 2 is 1.92 bits per heavy atom. The highest BCUT2D eigenvalue weighted by Gasteiger charge is 2.09. The number of methoxy groups -OCH3 is 1. The van der Waals surface area contributed by atoms with E-state index < -0.39 is 0 Å². The quantitative estimate of drug-likeness (QED) is 0.718. The van der Waals surface area contributed by atoms with Crippen molar-refractivity contribution in [1.29, 1.82) is 0 Å². The van der Waals surface area contributed by atoms with Gasteiger partial charge in [-0.2, -0.15) is 13.5 Å². The fourth-order valence-corrected chi connectivity index (χ4v) is 3.23. The van der Waals surface area contributed by atoms with Gasteiger partial charge in [0.2, 0.25) is 0 Å². The first kappa shape index (κ1) is 20.3. The highest BCUT2D eigenvalue weighted by atomic mass is 32.2. The lowest BCUT2D eigenvalue weighted by Crippen LogP contribution is -1.97. The van der Waals surface area contributed by atoms with E-state index in [9.17, 15) is 0 Å². The molecule has 0 saturated carbocycles. The lowest BCUT2D eigenvalue weighted by Gasteiger charge is -2.09. The van der Waals surface area contributed by atoms with Crippen molar-refractivity contribution in [2.24, 2.45) is 0 Å². The van der Waals surface area contributed by atoms with E-state index in [2.05, 4.69) is 35.7 Å². The molecule has 0 atom stereocenters. The molecule has 0 amide bonds. The second-order valence-electron chi connectivity index (χ2n) is 5.35. The first-order valence-electron chi connectivity index (χ1n) is 7.16. The molecule has 5 nitrogen and oxygen atoms in total. The molecule has 0 aliphatic rings. The van der Waals surface area contributed by atoms with Gasteiger partial charge in [-0.05, 0) is 49.6 Å². The molecular weight excluding hydrogens is 342 g/mol. The van der Waals surface area contributed by atoms with Crippen molar-refractivity contribution < 1.29 is 10.2 Å². The van der Waals surface area contributed by atoms with Crippen LogP contribution in [0.1, 0.15) is 22.4 Å². The number of H-pyrrole nitrogens is 1. The first-order valence-corrected chi connectivity index (χ1v) is 8.15. The van der Waals surface area contributed by atoms with Crippen LogP contribution in [-0.2, 0) is 5.75 Å². The van der Waals surface area contributed by atoms with Crippen LogP contribution in [0.5, 0.6) is 5.75 Å². The van der Waals surface area contributed by atoms with Gasteiger partial charge in [0.25, 0.3) is 0 Å². The van der Waals surface area contributed by atoms with Gasteiger partial charge in [-0.15, -0.1) is 0 Å². The van der Waals surface area contributed by atoms with Gasteiger partial charge >= 0.3 is 0 Å². The van der Waals surface area contributed by atoms with Crippen LogP contribution >= 0.6 is 25.3 Å². The zero-order chi connectivity index (χ0) is 15.7. The van der Waals surface area contributed by atoms with Gasteiger partial charge in [0.1, 0.15) is 5.75 Å². The third-order valence-corrected chi connectivity index (χ3v) is 4.90. The lowest BCUT2D eigenvalue weighted by atomic mass is 10.1. The minimum Gasteiger partial charge on any atom is -0.497 e. The third kappa shape index (κ3) is 4.03. The topological polar surface area (TPSA) is 82.3 Å². The predicted molar refractivity (Wildman–Crippen MR) is 105 cm³/mol.